The minimum absolute atomic E-state index is 0.157. The predicted molar refractivity (Wildman–Crippen MR) is 113 cm³/mol. The normalized spacial score (nSPS) is 10.6. The van der Waals surface area contributed by atoms with Crippen LogP contribution >= 0.6 is 0 Å². The van der Waals surface area contributed by atoms with Gasteiger partial charge in [0.25, 0.3) is 5.91 Å². The van der Waals surface area contributed by atoms with Gasteiger partial charge in [-0.25, -0.2) is 0 Å². The molecule has 0 atom stereocenters. The van der Waals surface area contributed by atoms with Gasteiger partial charge >= 0.3 is 0 Å². The second-order valence-corrected chi connectivity index (χ2v) is 6.86. The first kappa shape index (κ1) is 19.4. The van der Waals surface area contributed by atoms with Crippen LogP contribution in [-0.2, 0) is 13.2 Å². The first-order valence-corrected chi connectivity index (χ1v) is 9.62. The van der Waals surface area contributed by atoms with Crippen molar-refractivity contribution in [2.45, 2.75) is 20.1 Å². The van der Waals surface area contributed by atoms with Crippen molar-refractivity contribution in [2.75, 3.05) is 0 Å². The van der Waals surface area contributed by atoms with Crippen molar-refractivity contribution >= 4 is 5.91 Å². The second kappa shape index (κ2) is 9.05. The van der Waals surface area contributed by atoms with E-state index in [2.05, 4.69) is 15.5 Å². The van der Waals surface area contributed by atoms with Gasteiger partial charge < -0.3 is 14.6 Å². The molecule has 6 heteroatoms. The summed E-state index contributed by atoms with van der Waals surface area (Å²) >= 11 is 0. The smallest absolute Gasteiger partial charge is 0.251 e. The molecule has 0 aliphatic rings. The molecule has 4 aromatic rings. The monoisotopic (exact) mass is 399 g/mol. The summed E-state index contributed by atoms with van der Waals surface area (Å²) in [5, 5.41) is 6.76. The maximum atomic E-state index is 12.4. The average molecular weight is 399 g/mol. The Morgan fingerprint density at radius 2 is 1.70 bits per heavy atom. The van der Waals surface area contributed by atoms with Gasteiger partial charge in [-0.15, -0.1) is 0 Å². The number of hydrogen-bond donors (Lipinski definition) is 1. The Balaban J connectivity index is 1.30. The summed E-state index contributed by atoms with van der Waals surface area (Å²) in [5.41, 5.74) is 3.64. The molecule has 0 saturated carbocycles. The van der Waals surface area contributed by atoms with E-state index in [4.69, 9.17) is 9.26 Å². The molecular weight excluding hydrogens is 378 g/mol. The lowest BCUT2D eigenvalue weighted by Crippen LogP contribution is -2.22. The number of nitrogens with one attached hydrogen (secondary N) is 1. The molecule has 0 aliphatic carbocycles. The van der Waals surface area contributed by atoms with Crippen LogP contribution in [0.3, 0.4) is 0 Å². The third-order valence-corrected chi connectivity index (χ3v) is 4.54. The molecule has 1 heterocycles. The second-order valence-electron chi connectivity index (χ2n) is 6.86. The van der Waals surface area contributed by atoms with Gasteiger partial charge in [-0.05, 0) is 36.8 Å². The first-order chi connectivity index (χ1) is 14.7. The van der Waals surface area contributed by atoms with Crippen molar-refractivity contribution < 1.29 is 14.1 Å². The molecule has 0 aliphatic heterocycles. The van der Waals surface area contributed by atoms with E-state index in [0.717, 1.165) is 16.7 Å². The van der Waals surface area contributed by atoms with Gasteiger partial charge in [-0.2, -0.15) is 4.98 Å². The molecule has 0 bridgehead atoms. The largest absolute Gasteiger partial charge is 0.489 e. The third kappa shape index (κ3) is 4.91. The zero-order valence-electron chi connectivity index (χ0n) is 16.5. The minimum atomic E-state index is -0.223. The molecule has 150 valence electrons. The van der Waals surface area contributed by atoms with Crippen LogP contribution in [0.1, 0.15) is 27.4 Å². The number of ether oxygens (including phenoxy) is 1. The molecule has 4 rings (SSSR count). The zero-order chi connectivity index (χ0) is 20.8. The maximum Gasteiger partial charge on any atom is 0.251 e. The number of carbonyl (C=O) groups excluding carboxylic acids is 1. The van der Waals surface area contributed by atoms with Crippen molar-refractivity contribution in [2.24, 2.45) is 0 Å². The van der Waals surface area contributed by atoms with E-state index in [0.29, 0.717) is 29.6 Å². The van der Waals surface area contributed by atoms with E-state index in [9.17, 15) is 4.79 Å². The molecule has 3 aromatic carbocycles. The summed E-state index contributed by atoms with van der Waals surface area (Å²) in [4.78, 5) is 16.7. The Kier molecular flexibility index (Phi) is 5.85. The van der Waals surface area contributed by atoms with Gasteiger partial charge in [0.2, 0.25) is 11.7 Å². The molecule has 6 nitrogen and oxygen atoms in total. The highest BCUT2D eigenvalue weighted by atomic mass is 16.5. The fraction of sp³-hybridized carbons (Fsp3) is 0.125. The lowest BCUT2D eigenvalue weighted by atomic mass is 10.1. The number of carbonyl (C=O) groups is 1. The number of benzene rings is 3. The van der Waals surface area contributed by atoms with Crippen LogP contribution < -0.4 is 10.1 Å². The van der Waals surface area contributed by atoms with Crippen molar-refractivity contribution in [3.05, 3.63) is 101 Å². The van der Waals surface area contributed by atoms with Crippen molar-refractivity contribution in [3.8, 4) is 17.1 Å². The molecular formula is C24H21N3O3. The quantitative estimate of drug-likeness (QED) is 0.493. The number of aryl methyl sites for hydroxylation is 1. The summed E-state index contributed by atoms with van der Waals surface area (Å²) in [6, 6.07) is 24.8. The number of amides is 1. The summed E-state index contributed by atoms with van der Waals surface area (Å²) in [6.07, 6.45) is 0. The highest BCUT2D eigenvalue weighted by Crippen LogP contribution is 2.17. The van der Waals surface area contributed by atoms with Crippen LogP contribution in [0.4, 0.5) is 0 Å². The predicted octanol–water partition coefficient (Wildman–Crippen LogP) is 4.55. The highest BCUT2D eigenvalue weighted by molar-refractivity contribution is 5.94. The lowest BCUT2D eigenvalue weighted by molar-refractivity contribution is 0.0946. The van der Waals surface area contributed by atoms with E-state index in [1.165, 1.54) is 0 Å². The van der Waals surface area contributed by atoms with Crippen molar-refractivity contribution in [1.29, 1.82) is 0 Å². The fourth-order valence-corrected chi connectivity index (χ4v) is 2.85. The molecule has 0 saturated heterocycles. The fourth-order valence-electron chi connectivity index (χ4n) is 2.85. The summed E-state index contributed by atoms with van der Waals surface area (Å²) < 4.78 is 11.0. The number of hydrogen-bond acceptors (Lipinski definition) is 5. The van der Waals surface area contributed by atoms with Gasteiger partial charge in [0, 0.05) is 11.1 Å². The lowest BCUT2D eigenvalue weighted by Gasteiger charge is -2.07. The third-order valence-electron chi connectivity index (χ3n) is 4.54. The summed E-state index contributed by atoms with van der Waals surface area (Å²) in [7, 11) is 0. The van der Waals surface area contributed by atoms with Gasteiger partial charge in [0.15, 0.2) is 0 Å². The molecule has 30 heavy (non-hydrogen) atoms. The van der Waals surface area contributed by atoms with Gasteiger partial charge in [0.1, 0.15) is 12.4 Å². The van der Waals surface area contributed by atoms with E-state index >= 15 is 0 Å². The molecule has 1 N–H and O–H groups in total. The number of rotatable bonds is 7. The van der Waals surface area contributed by atoms with Gasteiger partial charge in [-0.3, -0.25) is 4.79 Å². The first-order valence-electron chi connectivity index (χ1n) is 9.62. The highest BCUT2D eigenvalue weighted by Gasteiger charge is 2.11. The number of nitrogens with zero attached hydrogens (tertiary/aromatic N) is 2. The van der Waals surface area contributed by atoms with E-state index in [-0.39, 0.29) is 12.5 Å². The van der Waals surface area contributed by atoms with Crippen LogP contribution in [0.15, 0.2) is 83.4 Å². The van der Waals surface area contributed by atoms with Crippen LogP contribution in [-0.4, -0.2) is 16.0 Å². The maximum absolute atomic E-state index is 12.4. The van der Waals surface area contributed by atoms with Crippen LogP contribution in [0.2, 0.25) is 0 Å². The number of aromatic nitrogens is 2. The van der Waals surface area contributed by atoms with Crippen LogP contribution in [0.5, 0.6) is 5.75 Å². The van der Waals surface area contributed by atoms with Crippen molar-refractivity contribution in [3.63, 3.8) is 0 Å². The standard InChI is InChI=1S/C24H21N3O3/c1-17-7-9-19(10-8-17)23-26-22(30-27-23)15-25-24(28)20-11-13-21(14-12-20)29-16-18-5-3-2-4-6-18/h2-14H,15-16H2,1H3,(H,25,28). The van der Waals surface area contributed by atoms with Crippen molar-refractivity contribution in [1.82, 2.24) is 15.5 Å². The molecule has 1 amide bonds. The molecule has 1 aromatic heterocycles. The Morgan fingerprint density at radius 1 is 0.967 bits per heavy atom. The SMILES string of the molecule is Cc1ccc(-c2noc(CNC(=O)c3ccc(OCc4ccccc4)cc3)n2)cc1. The van der Waals surface area contributed by atoms with E-state index in [1.54, 1.807) is 24.3 Å². The zero-order valence-corrected chi connectivity index (χ0v) is 16.5. The Labute approximate surface area is 174 Å². The Bertz CT molecular complexity index is 1100. The molecule has 0 unspecified atom stereocenters. The molecule has 0 fully saturated rings. The topological polar surface area (TPSA) is 77.2 Å². The average Bonchev–Trinajstić information content (AvgIpc) is 3.27. The Morgan fingerprint density at radius 3 is 2.43 bits per heavy atom. The summed E-state index contributed by atoms with van der Waals surface area (Å²) in [5.74, 6) is 1.33. The minimum Gasteiger partial charge on any atom is -0.489 e. The molecule has 0 radical (unpaired) electrons. The molecule has 0 spiro atoms. The van der Waals surface area contributed by atoms with Crippen LogP contribution in [0.25, 0.3) is 11.4 Å². The Hall–Kier alpha value is -3.93. The summed E-state index contributed by atoms with van der Waals surface area (Å²) in [6.45, 7) is 2.65. The van der Waals surface area contributed by atoms with Crippen LogP contribution in [0, 0.1) is 6.92 Å². The van der Waals surface area contributed by atoms with Gasteiger partial charge in [0.05, 0.1) is 6.54 Å². The van der Waals surface area contributed by atoms with E-state index in [1.807, 2.05) is 61.5 Å². The van der Waals surface area contributed by atoms with E-state index < -0.39 is 0 Å². The van der Waals surface area contributed by atoms with Gasteiger partial charge in [-0.1, -0.05) is 65.3 Å².